The second kappa shape index (κ2) is 6.11. The maximum absolute atomic E-state index is 8.56. The van der Waals surface area contributed by atoms with Gasteiger partial charge in [-0.2, -0.15) is 5.26 Å². The Morgan fingerprint density at radius 1 is 1.50 bits per heavy atom. The highest BCUT2D eigenvalue weighted by Gasteiger charge is 2.03. The number of rotatable bonds is 5. The second-order valence-electron chi connectivity index (χ2n) is 3.20. The summed E-state index contributed by atoms with van der Waals surface area (Å²) in [5.74, 6) is 0. The van der Waals surface area contributed by atoms with E-state index in [1.807, 2.05) is 12.1 Å². The summed E-state index contributed by atoms with van der Waals surface area (Å²) >= 11 is 0. The summed E-state index contributed by atoms with van der Waals surface area (Å²) in [4.78, 5) is 3.95. The molecule has 1 atom stereocenters. The zero-order valence-electron chi connectivity index (χ0n) is 8.40. The maximum atomic E-state index is 8.56. The Labute approximate surface area is 84.8 Å². The van der Waals surface area contributed by atoms with Crippen LogP contribution in [0.15, 0.2) is 24.5 Å². The van der Waals surface area contributed by atoms with Crippen LogP contribution in [0.4, 0.5) is 0 Å². The maximum Gasteiger partial charge on any atom is 0.0638 e. The molecule has 3 nitrogen and oxygen atoms in total. The first-order chi connectivity index (χ1) is 6.86. The summed E-state index contributed by atoms with van der Waals surface area (Å²) in [5, 5.41) is 11.9. The van der Waals surface area contributed by atoms with Gasteiger partial charge < -0.3 is 5.32 Å². The first kappa shape index (κ1) is 10.7. The molecule has 14 heavy (non-hydrogen) atoms. The smallest absolute Gasteiger partial charge is 0.0638 e. The molecule has 1 N–H and O–H groups in total. The van der Waals surface area contributed by atoms with Crippen molar-refractivity contribution in [3.05, 3.63) is 30.1 Å². The molecule has 0 aromatic carbocycles. The summed E-state index contributed by atoms with van der Waals surface area (Å²) in [6.07, 6.45) is 5.12. The van der Waals surface area contributed by atoms with Crippen molar-refractivity contribution in [3.8, 4) is 6.07 Å². The largest absolute Gasteiger partial charge is 0.309 e. The summed E-state index contributed by atoms with van der Waals surface area (Å²) in [6.45, 7) is 2.89. The molecule has 0 fully saturated rings. The van der Waals surface area contributed by atoms with Gasteiger partial charge in [-0.3, -0.25) is 4.98 Å². The van der Waals surface area contributed by atoms with Crippen LogP contribution < -0.4 is 5.32 Å². The van der Waals surface area contributed by atoms with Crippen LogP contribution in [0.2, 0.25) is 0 Å². The van der Waals surface area contributed by atoms with E-state index in [1.54, 1.807) is 12.4 Å². The van der Waals surface area contributed by atoms with Gasteiger partial charge >= 0.3 is 0 Å². The van der Waals surface area contributed by atoms with Gasteiger partial charge in [0.2, 0.25) is 0 Å². The lowest BCUT2D eigenvalue weighted by Crippen LogP contribution is -2.27. The Balaban J connectivity index is 2.36. The minimum Gasteiger partial charge on any atom is -0.309 e. The third kappa shape index (κ3) is 3.55. The molecule has 0 radical (unpaired) electrons. The van der Waals surface area contributed by atoms with Gasteiger partial charge in [-0.15, -0.1) is 0 Å². The van der Waals surface area contributed by atoms with Crippen LogP contribution >= 0.6 is 0 Å². The second-order valence-corrected chi connectivity index (χ2v) is 3.20. The third-order valence-electron chi connectivity index (χ3n) is 2.17. The van der Waals surface area contributed by atoms with Crippen molar-refractivity contribution < 1.29 is 0 Å². The average Bonchev–Trinajstić information content (AvgIpc) is 2.25. The number of nitriles is 1. The Morgan fingerprint density at radius 3 is 2.79 bits per heavy atom. The van der Waals surface area contributed by atoms with Gasteiger partial charge in [0.05, 0.1) is 12.5 Å². The van der Waals surface area contributed by atoms with Crippen LogP contribution in [0, 0.1) is 11.3 Å². The van der Waals surface area contributed by atoms with Crippen LogP contribution in [0.1, 0.15) is 25.3 Å². The quantitative estimate of drug-likeness (QED) is 0.769. The van der Waals surface area contributed by atoms with Gasteiger partial charge in [0, 0.05) is 25.0 Å². The molecule has 0 aliphatic heterocycles. The molecular formula is C11H15N3. The number of nitrogens with zero attached hydrogens (tertiary/aromatic N) is 2. The molecule has 0 aliphatic rings. The summed E-state index contributed by atoms with van der Waals surface area (Å²) < 4.78 is 0. The normalized spacial score (nSPS) is 12.0. The Morgan fingerprint density at radius 2 is 2.21 bits per heavy atom. The summed E-state index contributed by atoms with van der Waals surface area (Å²) in [6, 6.07) is 6.44. The van der Waals surface area contributed by atoms with Crippen molar-refractivity contribution in [1.29, 1.82) is 5.26 Å². The van der Waals surface area contributed by atoms with E-state index in [4.69, 9.17) is 5.26 Å². The third-order valence-corrected chi connectivity index (χ3v) is 2.17. The minimum absolute atomic E-state index is 0.299. The van der Waals surface area contributed by atoms with Gasteiger partial charge in [0.25, 0.3) is 0 Å². The SMILES string of the molecule is CCC(CC#N)NCc1ccncc1. The van der Waals surface area contributed by atoms with E-state index >= 15 is 0 Å². The van der Waals surface area contributed by atoms with Crippen molar-refractivity contribution in [3.63, 3.8) is 0 Å². The fraction of sp³-hybridized carbons (Fsp3) is 0.455. The van der Waals surface area contributed by atoms with Crippen molar-refractivity contribution in [1.82, 2.24) is 10.3 Å². The molecule has 1 unspecified atom stereocenters. The molecule has 74 valence electrons. The summed E-state index contributed by atoms with van der Waals surface area (Å²) in [7, 11) is 0. The fourth-order valence-corrected chi connectivity index (χ4v) is 1.23. The highest BCUT2D eigenvalue weighted by Crippen LogP contribution is 2.00. The molecule has 0 amide bonds. The van der Waals surface area contributed by atoms with Crippen molar-refractivity contribution >= 4 is 0 Å². The molecule has 0 saturated carbocycles. The molecule has 1 aromatic rings. The van der Waals surface area contributed by atoms with Gasteiger partial charge in [-0.05, 0) is 24.1 Å². The number of hydrogen-bond acceptors (Lipinski definition) is 3. The average molecular weight is 189 g/mol. The molecule has 0 saturated heterocycles. The van der Waals surface area contributed by atoms with Crippen LogP contribution in [-0.2, 0) is 6.54 Å². The van der Waals surface area contributed by atoms with Crippen LogP contribution in [-0.4, -0.2) is 11.0 Å². The van der Waals surface area contributed by atoms with E-state index in [2.05, 4.69) is 23.3 Å². The molecule has 1 rings (SSSR count). The first-order valence-electron chi connectivity index (χ1n) is 4.86. The topological polar surface area (TPSA) is 48.7 Å². The lowest BCUT2D eigenvalue weighted by Gasteiger charge is -2.12. The fourth-order valence-electron chi connectivity index (χ4n) is 1.23. The van der Waals surface area contributed by atoms with Crippen molar-refractivity contribution in [2.45, 2.75) is 32.4 Å². The van der Waals surface area contributed by atoms with Crippen LogP contribution in [0.5, 0.6) is 0 Å². The van der Waals surface area contributed by atoms with Crippen LogP contribution in [0.25, 0.3) is 0 Å². The van der Waals surface area contributed by atoms with E-state index in [0.29, 0.717) is 12.5 Å². The van der Waals surface area contributed by atoms with Crippen molar-refractivity contribution in [2.24, 2.45) is 0 Å². The zero-order chi connectivity index (χ0) is 10.2. The number of nitrogens with one attached hydrogen (secondary N) is 1. The van der Waals surface area contributed by atoms with Gasteiger partial charge in [-0.1, -0.05) is 6.92 Å². The Bertz CT molecular complexity index is 289. The van der Waals surface area contributed by atoms with E-state index in [-0.39, 0.29) is 0 Å². The van der Waals surface area contributed by atoms with E-state index < -0.39 is 0 Å². The Hall–Kier alpha value is -1.40. The standard InChI is InChI=1S/C11H15N3/c1-2-11(3-6-12)14-9-10-4-7-13-8-5-10/h4-5,7-8,11,14H,2-3,9H2,1H3. The van der Waals surface area contributed by atoms with Crippen molar-refractivity contribution in [2.75, 3.05) is 0 Å². The molecule has 0 spiro atoms. The Kier molecular flexibility index (Phi) is 4.66. The van der Waals surface area contributed by atoms with E-state index in [1.165, 1.54) is 5.56 Å². The molecule has 1 heterocycles. The van der Waals surface area contributed by atoms with Crippen LogP contribution in [0.3, 0.4) is 0 Å². The highest BCUT2D eigenvalue weighted by molar-refractivity contribution is 5.09. The summed E-state index contributed by atoms with van der Waals surface area (Å²) in [5.41, 5.74) is 1.20. The number of pyridine rings is 1. The molecule has 0 aliphatic carbocycles. The monoisotopic (exact) mass is 189 g/mol. The highest BCUT2D eigenvalue weighted by atomic mass is 14.9. The molecule has 3 heteroatoms. The van der Waals surface area contributed by atoms with Gasteiger partial charge in [0.1, 0.15) is 0 Å². The molecule has 0 bridgehead atoms. The number of hydrogen-bond donors (Lipinski definition) is 1. The lowest BCUT2D eigenvalue weighted by atomic mass is 10.1. The van der Waals surface area contributed by atoms with Gasteiger partial charge in [-0.25, -0.2) is 0 Å². The predicted octanol–water partition coefficient (Wildman–Crippen LogP) is 1.86. The predicted molar refractivity (Wildman–Crippen MR) is 55.4 cm³/mol. The van der Waals surface area contributed by atoms with E-state index in [9.17, 15) is 0 Å². The van der Waals surface area contributed by atoms with Gasteiger partial charge in [0.15, 0.2) is 0 Å². The lowest BCUT2D eigenvalue weighted by molar-refractivity contribution is 0.505. The number of aromatic nitrogens is 1. The molecule has 1 aromatic heterocycles. The minimum atomic E-state index is 0.299. The zero-order valence-corrected chi connectivity index (χ0v) is 8.40. The van der Waals surface area contributed by atoms with E-state index in [0.717, 1.165) is 13.0 Å². The first-order valence-corrected chi connectivity index (χ1v) is 4.86. The molecular weight excluding hydrogens is 174 g/mol.